The highest BCUT2D eigenvalue weighted by molar-refractivity contribution is 5.87. The number of carboxylic acids is 1. The van der Waals surface area contributed by atoms with E-state index < -0.39 is 5.97 Å². The zero-order chi connectivity index (χ0) is 15.0. The predicted octanol–water partition coefficient (Wildman–Crippen LogP) is 2.52. The third-order valence-electron chi connectivity index (χ3n) is 3.79. The van der Waals surface area contributed by atoms with E-state index in [1.54, 1.807) is 19.2 Å². The molecule has 1 aromatic heterocycles. The van der Waals surface area contributed by atoms with Crippen molar-refractivity contribution in [3.05, 3.63) is 35.8 Å². The predicted molar refractivity (Wildman–Crippen MR) is 77.0 cm³/mol. The zero-order valence-corrected chi connectivity index (χ0v) is 11.7. The van der Waals surface area contributed by atoms with Gasteiger partial charge in [0, 0.05) is 25.7 Å². The Bertz CT molecular complexity index is 690. The monoisotopic (exact) mass is 289 g/mol. The summed E-state index contributed by atoms with van der Waals surface area (Å²) in [6.07, 6.45) is 2.18. The highest BCUT2D eigenvalue weighted by Crippen LogP contribution is 2.28. The van der Waals surface area contributed by atoms with Crippen molar-refractivity contribution < 1.29 is 14.3 Å². The third-order valence-corrected chi connectivity index (χ3v) is 3.79. The van der Waals surface area contributed by atoms with Crippen molar-refractivity contribution in [2.75, 3.05) is 18.0 Å². The minimum atomic E-state index is -1.09. The lowest BCUT2D eigenvalue weighted by Crippen LogP contribution is -2.18. The number of nitrogens with zero attached hydrogens (tertiary/aromatic N) is 3. The third kappa shape index (κ3) is 2.49. The molecule has 0 unspecified atom stereocenters. The number of carboxylic acid groups (broad SMARTS) is 1. The van der Waals surface area contributed by atoms with E-state index in [-0.39, 0.29) is 11.5 Å². The van der Waals surface area contributed by atoms with Gasteiger partial charge in [0.15, 0.2) is 5.69 Å². The van der Waals surface area contributed by atoms with Crippen LogP contribution >= 0.6 is 0 Å². The SMILES string of the molecule is Cn1nc(C(=O)O)cc1-c1ccc(N2CCCC2)c(F)c1. The Morgan fingerprint density at radius 1 is 1.29 bits per heavy atom. The molecular weight excluding hydrogens is 273 g/mol. The second-order valence-electron chi connectivity index (χ2n) is 5.20. The summed E-state index contributed by atoms with van der Waals surface area (Å²) in [7, 11) is 1.65. The van der Waals surface area contributed by atoms with Crippen molar-refractivity contribution in [3.8, 4) is 11.3 Å². The summed E-state index contributed by atoms with van der Waals surface area (Å²) in [4.78, 5) is 13.0. The van der Waals surface area contributed by atoms with Crippen molar-refractivity contribution in [3.63, 3.8) is 0 Å². The molecule has 1 saturated heterocycles. The first kappa shape index (κ1) is 13.6. The Kier molecular flexibility index (Phi) is 3.37. The zero-order valence-electron chi connectivity index (χ0n) is 11.7. The van der Waals surface area contributed by atoms with E-state index in [0.717, 1.165) is 25.9 Å². The molecule has 0 spiro atoms. The van der Waals surface area contributed by atoms with Crippen molar-refractivity contribution in [2.24, 2.45) is 7.05 Å². The number of benzene rings is 1. The van der Waals surface area contributed by atoms with Gasteiger partial charge in [-0.05, 0) is 31.0 Å². The van der Waals surface area contributed by atoms with Gasteiger partial charge >= 0.3 is 5.97 Å². The minimum Gasteiger partial charge on any atom is -0.476 e. The van der Waals surface area contributed by atoms with Crippen LogP contribution in [0.3, 0.4) is 0 Å². The average Bonchev–Trinajstić information content (AvgIpc) is 3.07. The molecule has 3 rings (SSSR count). The van der Waals surface area contributed by atoms with Crippen molar-refractivity contribution in [1.29, 1.82) is 0 Å². The molecule has 0 aliphatic carbocycles. The largest absolute Gasteiger partial charge is 0.476 e. The molecule has 5 nitrogen and oxygen atoms in total. The number of halogens is 1. The molecule has 6 heteroatoms. The van der Waals surface area contributed by atoms with E-state index >= 15 is 0 Å². The van der Waals surface area contributed by atoms with Gasteiger partial charge in [0.05, 0.1) is 11.4 Å². The van der Waals surface area contributed by atoms with Crippen LogP contribution in [0.4, 0.5) is 10.1 Å². The first-order valence-corrected chi connectivity index (χ1v) is 6.88. The summed E-state index contributed by atoms with van der Waals surface area (Å²) in [5, 5.41) is 12.9. The van der Waals surface area contributed by atoms with Crippen molar-refractivity contribution >= 4 is 11.7 Å². The van der Waals surface area contributed by atoms with Gasteiger partial charge in [0.1, 0.15) is 5.82 Å². The summed E-state index contributed by atoms with van der Waals surface area (Å²) in [6.45, 7) is 1.76. The van der Waals surface area contributed by atoms with Crippen LogP contribution < -0.4 is 4.90 Å². The number of anilines is 1. The molecule has 2 heterocycles. The van der Waals surface area contributed by atoms with E-state index in [2.05, 4.69) is 5.10 Å². The highest BCUT2D eigenvalue weighted by Gasteiger charge is 2.18. The maximum Gasteiger partial charge on any atom is 0.356 e. The van der Waals surface area contributed by atoms with Crippen molar-refractivity contribution in [1.82, 2.24) is 9.78 Å². The summed E-state index contributed by atoms with van der Waals surface area (Å²) >= 11 is 0. The maximum atomic E-state index is 14.3. The van der Waals surface area contributed by atoms with Crippen LogP contribution in [-0.4, -0.2) is 33.9 Å². The fourth-order valence-electron chi connectivity index (χ4n) is 2.72. The van der Waals surface area contributed by atoms with Crippen LogP contribution in [0.25, 0.3) is 11.3 Å². The second kappa shape index (κ2) is 5.20. The number of carbonyl (C=O) groups is 1. The second-order valence-corrected chi connectivity index (χ2v) is 5.20. The molecule has 110 valence electrons. The number of aromatic carboxylic acids is 1. The number of aromatic nitrogens is 2. The van der Waals surface area contributed by atoms with Gasteiger partial charge in [-0.2, -0.15) is 5.10 Å². The highest BCUT2D eigenvalue weighted by atomic mass is 19.1. The molecule has 1 aromatic carbocycles. The Morgan fingerprint density at radius 3 is 2.57 bits per heavy atom. The van der Waals surface area contributed by atoms with Crippen LogP contribution in [0.15, 0.2) is 24.3 Å². The Balaban J connectivity index is 1.96. The minimum absolute atomic E-state index is 0.0449. The van der Waals surface area contributed by atoms with Crippen LogP contribution in [0, 0.1) is 5.82 Å². The number of hydrogen-bond donors (Lipinski definition) is 1. The lowest BCUT2D eigenvalue weighted by atomic mass is 10.1. The molecule has 1 aliphatic rings. The van der Waals surface area contributed by atoms with Crippen LogP contribution in [-0.2, 0) is 7.05 Å². The summed E-state index contributed by atoms with van der Waals surface area (Å²) in [6, 6.07) is 6.45. The van der Waals surface area contributed by atoms with Crippen LogP contribution in [0.5, 0.6) is 0 Å². The van der Waals surface area contributed by atoms with Gasteiger partial charge in [0.25, 0.3) is 0 Å². The summed E-state index contributed by atoms with van der Waals surface area (Å²) < 4.78 is 15.7. The van der Waals surface area contributed by atoms with Gasteiger partial charge in [-0.25, -0.2) is 9.18 Å². The summed E-state index contributed by atoms with van der Waals surface area (Å²) in [5.74, 6) is -1.38. The molecular formula is C15H16FN3O2. The van der Waals surface area contributed by atoms with Gasteiger partial charge in [0.2, 0.25) is 0 Å². The van der Waals surface area contributed by atoms with Gasteiger partial charge < -0.3 is 10.0 Å². The molecule has 0 amide bonds. The lowest BCUT2D eigenvalue weighted by molar-refractivity contribution is 0.0689. The molecule has 0 radical (unpaired) electrons. The van der Waals surface area contributed by atoms with E-state index in [1.807, 2.05) is 4.90 Å². The number of aryl methyl sites for hydroxylation is 1. The van der Waals surface area contributed by atoms with Crippen molar-refractivity contribution in [2.45, 2.75) is 12.8 Å². The van der Waals surface area contributed by atoms with Gasteiger partial charge in [-0.1, -0.05) is 6.07 Å². The van der Waals surface area contributed by atoms with Crippen LogP contribution in [0.1, 0.15) is 23.3 Å². The first-order chi connectivity index (χ1) is 10.1. The quantitative estimate of drug-likeness (QED) is 0.943. The van der Waals surface area contributed by atoms with E-state index in [1.165, 1.54) is 16.8 Å². The molecule has 0 atom stereocenters. The number of rotatable bonds is 3. The standard InChI is InChI=1S/C15H16FN3O2/c1-18-14(9-12(17-18)15(20)21)10-4-5-13(11(16)8-10)19-6-2-3-7-19/h4-5,8-9H,2-3,6-7H2,1H3,(H,20,21). The molecule has 2 aromatic rings. The Hall–Kier alpha value is -2.37. The smallest absolute Gasteiger partial charge is 0.356 e. The lowest BCUT2D eigenvalue weighted by Gasteiger charge is -2.18. The molecule has 1 N–H and O–H groups in total. The maximum absolute atomic E-state index is 14.3. The molecule has 0 bridgehead atoms. The Labute approximate surface area is 121 Å². The number of hydrogen-bond acceptors (Lipinski definition) is 3. The van der Waals surface area contributed by atoms with E-state index in [9.17, 15) is 9.18 Å². The van der Waals surface area contributed by atoms with Gasteiger partial charge in [-0.15, -0.1) is 0 Å². The first-order valence-electron chi connectivity index (χ1n) is 6.88. The van der Waals surface area contributed by atoms with E-state index in [4.69, 9.17) is 5.11 Å². The Morgan fingerprint density at radius 2 is 2.00 bits per heavy atom. The van der Waals surface area contributed by atoms with Gasteiger partial charge in [-0.3, -0.25) is 4.68 Å². The fourth-order valence-corrected chi connectivity index (χ4v) is 2.72. The fraction of sp³-hybridized carbons (Fsp3) is 0.333. The van der Waals surface area contributed by atoms with E-state index in [0.29, 0.717) is 16.9 Å². The molecule has 1 fully saturated rings. The normalized spacial score (nSPS) is 14.7. The average molecular weight is 289 g/mol. The topological polar surface area (TPSA) is 58.4 Å². The van der Waals surface area contributed by atoms with Crippen LogP contribution in [0.2, 0.25) is 0 Å². The summed E-state index contributed by atoms with van der Waals surface area (Å²) in [5.41, 5.74) is 1.77. The molecule has 21 heavy (non-hydrogen) atoms. The molecule has 0 saturated carbocycles. The molecule has 1 aliphatic heterocycles.